The van der Waals surface area contributed by atoms with Gasteiger partial charge in [-0.05, 0) is 6.92 Å². The summed E-state index contributed by atoms with van der Waals surface area (Å²) in [6.45, 7) is 3.55. The molecule has 1 rings (SSSR count). The number of hydrogen-bond acceptors (Lipinski definition) is 5. The molecule has 0 radical (unpaired) electrons. The van der Waals surface area contributed by atoms with Crippen molar-refractivity contribution in [2.75, 3.05) is 7.11 Å². The summed E-state index contributed by atoms with van der Waals surface area (Å²) in [6, 6.07) is -0.218. The first-order valence-electron chi connectivity index (χ1n) is 4.72. The molecule has 1 aromatic heterocycles. The summed E-state index contributed by atoms with van der Waals surface area (Å²) in [4.78, 5) is 19.8. The summed E-state index contributed by atoms with van der Waals surface area (Å²) in [7, 11) is 1.46. The Morgan fingerprint density at radius 1 is 1.40 bits per heavy atom. The molecule has 0 saturated heterocycles. The first-order valence-corrected chi connectivity index (χ1v) is 4.72. The Morgan fingerprint density at radius 2 is 2.00 bits per heavy atom. The highest BCUT2D eigenvalue weighted by molar-refractivity contribution is 5.98. The van der Waals surface area contributed by atoms with E-state index < -0.39 is 0 Å². The van der Waals surface area contributed by atoms with Gasteiger partial charge in [0.15, 0.2) is 11.5 Å². The van der Waals surface area contributed by atoms with E-state index in [0.29, 0.717) is 0 Å². The molecule has 1 aromatic rings. The van der Waals surface area contributed by atoms with Crippen LogP contribution in [0, 0.1) is 5.92 Å². The average Bonchev–Trinajstić information content (AvgIpc) is 2.26. The number of aromatic nitrogens is 2. The molecule has 5 heteroatoms. The number of ketones is 1. The van der Waals surface area contributed by atoms with Crippen molar-refractivity contribution in [3.63, 3.8) is 0 Å². The molecule has 0 fully saturated rings. The maximum atomic E-state index is 11.9. The zero-order valence-electron chi connectivity index (χ0n) is 9.10. The number of nitrogens with zero attached hydrogens (tertiary/aromatic N) is 2. The zero-order chi connectivity index (χ0) is 11.4. The van der Waals surface area contributed by atoms with Gasteiger partial charge in [-0.3, -0.25) is 4.79 Å². The van der Waals surface area contributed by atoms with E-state index in [-0.39, 0.29) is 29.3 Å². The van der Waals surface area contributed by atoms with Crippen molar-refractivity contribution >= 4 is 5.78 Å². The standard InChI is InChI=1S/C10H15N3O2/c1-6(7(2)11)9(14)8-10(15-3)13-5-4-12-8/h4-7H,11H2,1-3H3. The molecular formula is C10H15N3O2. The number of Topliss-reactive ketones (excluding diaryl/α,β-unsaturated/α-hetero) is 1. The van der Waals surface area contributed by atoms with E-state index in [4.69, 9.17) is 10.5 Å². The number of nitrogens with two attached hydrogens (primary N) is 1. The monoisotopic (exact) mass is 209 g/mol. The van der Waals surface area contributed by atoms with Crippen molar-refractivity contribution in [2.24, 2.45) is 11.7 Å². The molecular weight excluding hydrogens is 194 g/mol. The minimum Gasteiger partial charge on any atom is -0.479 e. The van der Waals surface area contributed by atoms with Crippen molar-refractivity contribution < 1.29 is 9.53 Å². The van der Waals surface area contributed by atoms with Crippen molar-refractivity contribution in [3.05, 3.63) is 18.1 Å². The highest BCUT2D eigenvalue weighted by Crippen LogP contribution is 2.16. The lowest BCUT2D eigenvalue weighted by Gasteiger charge is -2.14. The lowest BCUT2D eigenvalue weighted by atomic mass is 9.97. The van der Waals surface area contributed by atoms with Gasteiger partial charge in [-0.15, -0.1) is 0 Å². The first-order chi connectivity index (χ1) is 7.07. The van der Waals surface area contributed by atoms with E-state index in [9.17, 15) is 4.79 Å². The number of rotatable bonds is 4. The Morgan fingerprint density at radius 3 is 2.53 bits per heavy atom. The van der Waals surface area contributed by atoms with Gasteiger partial charge in [-0.25, -0.2) is 9.97 Å². The fourth-order valence-electron chi connectivity index (χ4n) is 1.10. The van der Waals surface area contributed by atoms with E-state index in [2.05, 4.69) is 9.97 Å². The largest absolute Gasteiger partial charge is 0.479 e. The van der Waals surface area contributed by atoms with Crippen molar-refractivity contribution in [1.82, 2.24) is 9.97 Å². The highest BCUT2D eigenvalue weighted by atomic mass is 16.5. The molecule has 2 atom stereocenters. The molecule has 0 aliphatic carbocycles. The number of carbonyl (C=O) groups excluding carboxylic acids is 1. The Hall–Kier alpha value is -1.49. The van der Waals surface area contributed by atoms with E-state index in [1.807, 2.05) is 0 Å². The van der Waals surface area contributed by atoms with E-state index in [1.54, 1.807) is 13.8 Å². The maximum Gasteiger partial charge on any atom is 0.243 e. The molecule has 2 unspecified atom stereocenters. The second-order valence-electron chi connectivity index (χ2n) is 3.43. The summed E-state index contributed by atoms with van der Waals surface area (Å²) >= 11 is 0. The lowest BCUT2D eigenvalue weighted by molar-refractivity contribution is 0.0907. The summed E-state index contributed by atoms with van der Waals surface area (Å²) in [5.41, 5.74) is 5.90. The molecule has 0 aliphatic rings. The van der Waals surface area contributed by atoms with Crippen LogP contribution in [0.15, 0.2) is 12.4 Å². The molecule has 0 amide bonds. The summed E-state index contributed by atoms with van der Waals surface area (Å²) in [6.07, 6.45) is 2.94. The zero-order valence-corrected chi connectivity index (χ0v) is 9.10. The molecule has 0 aromatic carbocycles. The predicted octanol–water partition coefficient (Wildman–Crippen LogP) is 0.651. The van der Waals surface area contributed by atoms with Gasteiger partial charge in [0.25, 0.3) is 0 Å². The van der Waals surface area contributed by atoms with Gasteiger partial charge >= 0.3 is 0 Å². The van der Waals surface area contributed by atoms with E-state index in [0.717, 1.165) is 0 Å². The third-order valence-electron chi connectivity index (χ3n) is 2.29. The Balaban J connectivity index is 3.00. The quantitative estimate of drug-likeness (QED) is 0.737. The van der Waals surface area contributed by atoms with Crippen LogP contribution in [0.4, 0.5) is 0 Å². The number of methoxy groups -OCH3 is 1. The first kappa shape index (κ1) is 11.6. The van der Waals surface area contributed by atoms with Crippen molar-refractivity contribution in [2.45, 2.75) is 19.9 Å². The third kappa shape index (κ3) is 2.50. The average molecular weight is 209 g/mol. The molecule has 82 valence electrons. The molecule has 0 spiro atoms. The molecule has 15 heavy (non-hydrogen) atoms. The van der Waals surface area contributed by atoms with Gasteiger partial charge in [0.1, 0.15) is 0 Å². The van der Waals surface area contributed by atoms with Crippen molar-refractivity contribution in [1.29, 1.82) is 0 Å². The SMILES string of the molecule is COc1nccnc1C(=O)C(C)C(C)N. The molecule has 0 bridgehead atoms. The molecule has 0 saturated carbocycles. The van der Waals surface area contributed by atoms with Gasteiger partial charge in [-0.2, -0.15) is 0 Å². The van der Waals surface area contributed by atoms with Crippen LogP contribution in [0.3, 0.4) is 0 Å². The van der Waals surface area contributed by atoms with E-state index >= 15 is 0 Å². The topological polar surface area (TPSA) is 78.1 Å². The van der Waals surface area contributed by atoms with Gasteiger partial charge < -0.3 is 10.5 Å². The Bertz CT molecular complexity index is 352. The normalized spacial score (nSPS) is 14.4. The molecule has 1 heterocycles. The Kier molecular flexibility index (Phi) is 3.74. The van der Waals surface area contributed by atoms with Crippen LogP contribution in [0.1, 0.15) is 24.3 Å². The molecule has 5 nitrogen and oxygen atoms in total. The fraction of sp³-hybridized carbons (Fsp3) is 0.500. The summed E-state index contributed by atoms with van der Waals surface area (Å²) in [5.74, 6) is -0.194. The van der Waals surface area contributed by atoms with Gasteiger partial charge in [0.05, 0.1) is 7.11 Å². The minimum absolute atomic E-state index is 0.144. The predicted molar refractivity (Wildman–Crippen MR) is 55.7 cm³/mol. The lowest BCUT2D eigenvalue weighted by Crippen LogP contribution is -2.31. The van der Waals surface area contributed by atoms with Crippen LogP contribution < -0.4 is 10.5 Å². The molecule has 0 aliphatic heterocycles. The van der Waals surface area contributed by atoms with Crippen LogP contribution in [0.2, 0.25) is 0 Å². The van der Waals surface area contributed by atoms with Crippen LogP contribution in [0.5, 0.6) is 5.88 Å². The summed E-state index contributed by atoms with van der Waals surface area (Å²) < 4.78 is 4.96. The summed E-state index contributed by atoms with van der Waals surface area (Å²) in [5, 5.41) is 0. The smallest absolute Gasteiger partial charge is 0.243 e. The van der Waals surface area contributed by atoms with Gasteiger partial charge in [0.2, 0.25) is 5.88 Å². The number of carbonyl (C=O) groups is 1. The number of ether oxygens (including phenoxy) is 1. The Labute approximate surface area is 88.7 Å². The van der Waals surface area contributed by atoms with Gasteiger partial charge in [-0.1, -0.05) is 6.92 Å². The highest BCUT2D eigenvalue weighted by Gasteiger charge is 2.23. The van der Waals surface area contributed by atoms with Crippen LogP contribution in [-0.2, 0) is 0 Å². The van der Waals surface area contributed by atoms with Crippen LogP contribution in [-0.4, -0.2) is 28.9 Å². The van der Waals surface area contributed by atoms with E-state index in [1.165, 1.54) is 19.5 Å². The fourth-order valence-corrected chi connectivity index (χ4v) is 1.10. The van der Waals surface area contributed by atoms with Crippen LogP contribution in [0.25, 0.3) is 0 Å². The number of hydrogen-bond donors (Lipinski definition) is 1. The third-order valence-corrected chi connectivity index (χ3v) is 2.29. The molecule has 2 N–H and O–H groups in total. The second-order valence-corrected chi connectivity index (χ2v) is 3.43. The second kappa shape index (κ2) is 4.84. The van der Waals surface area contributed by atoms with Crippen LogP contribution >= 0.6 is 0 Å². The van der Waals surface area contributed by atoms with Gasteiger partial charge in [0, 0.05) is 24.4 Å². The maximum absolute atomic E-state index is 11.9. The van der Waals surface area contributed by atoms with Crippen molar-refractivity contribution in [3.8, 4) is 5.88 Å². The minimum atomic E-state index is -0.296.